The van der Waals surface area contributed by atoms with Crippen molar-refractivity contribution in [3.8, 4) is 27.4 Å². The molecule has 11 heteroatoms. The van der Waals surface area contributed by atoms with Gasteiger partial charge in [0.2, 0.25) is 5.91 Å². The maximum Gasteiger partial charge on any atom is 0.255 e. The van der Waals surface area contributed by atoms with Crippen LogP contribution in [0.3, 0.4) is 0 Å². The van der Waals surface area contributed by atoms with Crippen LogP contribution in [-0.2, 0) is 27.3 Å². The summed E-state index contributed by atoms with van der Waals surface area (Å²) in [7, 11) is 3.96. The minimum Gasteiger partial charge on any atom is -0.508 e. The molecule has 2 aliphatic heterocycles. The number of amides is 3. The molecule has 3 amide bonds. The van der Waals surface area contributed by atoms with Crippen LogP contribution in [0.4, 0.5) is 5.82 Å². The predicted octanol–water partition coefficient (Wildman–Crippen LogP) is 5.92. The van der Waals surface area contributed by atoms with E-state index in [0.29, 0.717) is 24.2 Å². The number of carbonyl (C=O) groups is 3. The first-order valence-corrected chi connectivity index (χ1v) is 17.3. The van der Waals surface area contributed by atoms with E-state index in [1.807, 2.05) is 31.3 Å². The molecule has 2 aliphatic rings. The third kappa shape index (κ3) is 6.77. The zero-order chi connectivity index (χ0) is 34.1. The number of thiazole rings is 1. The molecule has 5 aromatic rings. The van der Waals surface area contributed by atoms with E-state index in [9.17, 15) is 19.5 Å². The molecular formula is C38H37N5O5S. The summed E-state index contributed by atoms with van der Waals surface area (Å²) in [5, 5.41) is 10.8. The van der Waals surface area contributed by atoms with Gasteiger partial charge in [0.15, 0.2) is 0 Å². The number of pyridine rings is 1. The zero-order valence-electron chi connectivity index (χ0n) is 27.5. The summed E-state index contributed by atoms with van der Waals surface area (Å²) in [5.74, 6) is 0.140. The van der Waals surface area contributed by atoms with Crippen LogP contribution in [-0.4, -0.2) is 82.5 Å². The van der Waals surface area contributed by atoms with Crippen molar-refractivity contribution < 1.29 is 24.2 Å². The van der Waals surface area contributed by atoms with Crippen LogP contribution in [0.2, 0.25) is 0 Å². The van der Waals surface area contributed by atoms with Crippen LogP contribution in [0, 0.1) is 0 Å². The summed E-state index contributed by atoms with van der Waals surface area (Å²) in [6, 6.07) is 22.8. The Balaban J connectivity index is 0.888. The first kappa shape index (κ1) is 32.4. The lowest BCUT2D eigenvalue weighted by atomic mass is 10.0. The lowest BCUT2D eigenvalue weighted by Crippen LogP contribution is -2.55. The van der Waals surface area contributed by atoms with Gasteiger partial charge in [-0.05, 0) is 78.4 Å². The summed E-state index contributed by atoms with van der Waals surface area (Å²) in [6.45, 7) is 1.12. The Bertz CT molecular complexity index is 2030. The Morgan fingerprint density at radius 3 is 2.51 bits per heavy atom. The number of benzene rings is 3. The average molecular weight is 676 g/mol. The predicted molar refractivity (Wildman–Crippen MR) is 189 cm³/mol. The molecule has 1 fully saturated rings. The zero-order valence-corrected chi connectivity index (χ0v) is 28.3. The summed E-state index contributed by atoms with van der Waals surface area (Å²) < 4.78 is 6.97. The number of piperidine rings is 1. The molecule has 0 spiro atoms. The number of hydrogen-bond acceptors (Lipinski definition) is 9. The number of aryl methyl sites for hydroxylation is 1. The highest BCUT2D eigenvalue weighted by Crippen LogP contribution is 2.33. The summed E-state index contributed by atoms with van der Waals surface area (Å²) in [4.78, 5) is 53.0. The van der Waals surface area contributed by atoms with Crippen LogP contribution in [0.15, 0.2) is 79.0 Å². The average Bonchev–Trinajstić information content (AvgIpc) is 3.67. The van der Waals surface area contributed by atoms with Gasteiger partial charge in [-0.2, -0.15) is 0 Å². The van der Waals surface area contributed by atoms with Gasteiger partial charge in [-0.15, -0.1) is 11.3 Å². The van der Waals surface area contributed by atoms with Crippen LogP contribution in [0.1, 0.15) is 40.7 Å². The quantitative estimate of drug-likeness (QED) is 0.136. The number of imide groups is 1. The van der Waals surface area contributed by atoms with Crippen molar-refractivity contribution in [3.63, 3.8) is 0 Å². The van der Waals surface area contributed by atoms with Crippen LogP contribution >= 0.6 is 11.3 Å². The van der Waals surface area contributed by atoms with Gasteiger partial charge in [-0.1, -0.05) is 30.3 Å². The first-order chi connectivity index (χ1) is 23.7. The van der Waals surface area contributed by atoms with Gasteiger partial charge in [0.25, 0.3) is 11.8 Å². The van der Waals surface area contributed by atoms with E-state index < -0.39 is 6.04 Å². The van der Waals surface area contributed by atoms with Crippen LogP contribution < -0.4 is 4.90 Å². The van der Waals surface area contributed by atoms with E-state index in [4.69, 9.17) is 9.72 Å². The molecule has 1 N–H and O–H groups in total. The van der Waals surface area contributed by atoms with Crippen LogP contribution in [0.25, 0.3) is 31.9 Å². The molecule has 0 radical (unpaired) electrons. The maximum absolute atomic E-state index is 13.3. The standard InChI is InChI=1S/C38H37N5O5S/c1-41(2)34-15-10-27(22-39-34)25-6-8-26(9-7-25)36-40-31-13-5-24(20-33(31)49-36)4-3-18-48-19-17-42-35(45)16-14-32(38(42)47)43-23-28-21-29(44)11-12-30(28)37(43)46/h5-13,15,20-22,32,44H,3-4,14,16-19,23H2,1-2H3. The monoisotopic (exact) mass is 675 g/mol. The van der Waals surface area contributed by atoms with Gasteiger partial charge in [-0.25, -0.2) is 9.97 Å². The molecule has 1 atom stereocenters. The Morgan fingerprint density at radius 1 is 0.939 bits per heavy atom. The molecule has 4 heterocycles. The third-order valence-electron chi connectivity index (χ3n) is 9.12. The summed E-state index contributed by atoms with van der Waals surface area (Å²) >= 11 is 1.68. The van der Waals surface area contributed by atoms with Crippen molar-refractivity contribution in [2.45, 2.75) is 38.3 Å². The number of phenols is 1. The highest BCUT2D eigenvalue weighted by molar-refractivity contribution is 7.21. The van der Waals surface area contributed by atoms with Gasteiger partial charge >= 0.3 is 0 Å². The van der Waals surface area contributed by atoms with E-state index in [-0.39, 0.29) is 49.6 Å². The van der Waals surface area contributed by atoms with Gasteiger partial charge in [0, 0.05) is 56.6 Å². The second kappa shape index (κ2) is 13.8. The SMILES string of the molecule is CN(C)c1ccc(-c2ccc(-c3nc4ccc(CCCOCCN5C(=O)CCC(N6Cc7cc(O)ccc7C6=O)C5=O)cc4s3)cc2)cn1. The molecule has 10 nitrogen and oxygen atoms in total. The fourth-order valence-corrected chi connectivity index (χ4v) is 7.47. The van der Waals surface area contributed by atoms with Gasteiger partial charge in [0.05, 0.1) is 23.4 Å². The maximum atomic E-state index is 13.3. The number of ether oxygens (including phenoxy) is 1. The van der Waals surface area contributed by atoms with Crippen molar-refractivity contribution in [1.29, 1.82) is 0 Å². The Hall–Kier alpha value is -5.13. The molecule has 1 saturated heterocycles. The lowest BCUT2D eigenvalue weighted by Gasteiger charge is -2.35. The van der Waals surface area contributed by atoms with E-state index in [0.717, 1.165) is 50.6 Å². The van der Waals surface area contributed by atoms with Gasteiger partial charge in [0.1, 0.15) is 22.6 Å². The summed E-state index contributed by atoms with van der Waals surface area (Å²) in [5.41, 5.74) is 6.60. The van der Waals surface area contributed by atoms with E-state index in [1.165, 1.54) is 21.4 Å². The van der Waals surface area contributed by atoms with Crippen molar-refractivity contribution in [2.75, 3.05) is 38.8 Å². The number of anilines is 1. The van der Waals surface area contributed by atoms with Crippen molar-refractivity contribution in [1.82, 2.24) is 19.8 Å². The lowest BCUT2D eigenvalue weighted by molar-refractivity contribution is -0.153. The number of carbonyl (C=O) groups excluding carboxylic acids is 3. The Kier molecular flexibility index (Phi) is 9.11. The topological polar surface area (TPSA) is 116 Å². The number of phenolic OH excluding ortho intramolecular Hbond substituents is 1. The van der Waals surface area contributed by atoms with Crippen molar-refractivity contribution >= 4 is 45.1 Å². The Labute approximate surface area is 288 Å². The number of rotatable bonds is 11. The van der Waals surface area contributed by atoms with Gasteiger partial charge < -0.3 is 19.6 Å². The third-order valence-corrected chi connectivity index (χ3v) is 10.2. The first-order valence-electron chi connectivity index (χ1n) is 16.4. The van der Waals surface area contributed by atoms with E-state index >= 15 is 0 Å². The minimum atomic E-state index is -0.704. The second-order valence-corrected chi connectivity index (χ2v) is 13.7. The molecule has 0 aliphatic carbocycles. The highest BCUT2D eigenvalue weighted by Gasteiger charge is 2.42. The van der Waals surface area contributed by atoms with Crippen molar-refractivity contribution in [2.24, 2.45) is 0 Å². The number of fused-ring (bicyclic) bond motifs is 2. The summed E-state index contributed by atoms with van der Waals surface area (Å²) in [6.07, 6.45) is 4.01. The molecule has 2 aromatic heterocycles. The molecule has 1 unspecified atom stereocenters. The molecule has 0 bridgehead atoms. The van der Waals surface area contributed by atoms with E-state index in [1.54, 1.807) is 23.5 Å². The van der Waals surface area contributed by atoms with Crippen LogP contribution in [0.5, 0.6) is 5.75 Å². The fourth-order valence-electron chi connectivity index (χ4n) is 6.44. The molecule has 7 rings (SSSR count). The smallest absolute Gasteiger partial charge is 0.255 e. The minimum absolute atomic E-state index is 0.0779. The fraction of sp³-hybridized carbons (Fsp3) is 0.289. The number of likely N-dealkylation sites (tertiary alicyclic amines) is 1. The Morgan fingerprint density at radius 2 is 1.73 bits per heavy atom. The molecule has 3 aromatic carbocycles. The largest absolute Gasteiger partial charge is 0.508 e. The number of aromatic hydroxyl groups is 1. The second-order valence-electron chi connectivity index (χ2n) is 12.6. The molecule has 0 saturated carbocycles. The molecular weight excluding hydrogens is 639 g/mol. The number of aromatic nitrogens is 2. The number of nitrogens with zero attached hydrogens (tertiary/aromatic N) is 5. The molecule has 49 heavy (non-hydrogen) atoms. The van der Waals surface area contributed by atoms with E-state index in [2.05, 4.69) is 53.5 Å². The van der Waals surface area contributed by atoms with Gasteiger partial charge in [-0.3, -0.25) is 19.3 Å². The molecule has 250 valence electrons. The van der Waals surface area contributed by atoms with Crippen molar-refractivity contribution in [3.05, 3.63) is 95.7 Å². The highest BCUT2D eigenvalue weighted by atomic mass is 32.1. The number of hydrogen-bond donors (Lipinski definition) is 1. The normalized spacial score (nSPS) is 16.1.